The summed E-state index contributed by atoms with van der Waals surface area (Å²) in [4.78, 5) is 11.4. The van der Waals surface area contributed by atoms with Gasteiger partial charge >= 0.3 is 5.97 Å². The molecule has 0 fully saturated rings. The first-order valence-electron chi connectivity index (χ1n) is 6.16. The molecule has 0 aliphatic carbocycles. The van der Waals surface area contributed by atoms with Gasteiger partial charge in [0, 0.05) is 12.1 Å². The van der Waals surface area contributed by atoms with Gasteiger partial charge in [0.15, 0.2) is 5.75 Å². The highest BCUT2D eigenvalue weighted by Crippen LogP contribution is 2.16. The van der Waals surface area contributed by atoms with E-state index in [1.165, 1.54) is 25.3 Å². The van der Waals surface area contributed by atoms with Crippen LogP contribution in [-0.4, -0.2) is 22.9 Å². The second-order valence-electron chi connectivity index (χ2n) is 4.12. The normalized spacial score (nSPS) is 10.3. The maximum atomic E-state index is 13.7. The zero-order valence-corrected chi connectivity index (χ0v) is 11.3. The molecule has 1 heterocycles. The number of halogens is 1. The zero-order chi connectivity index (χ0) is 14.5. The number of ether oxygens (including phenoxy) is 2. The SMILES string of the molecule is CCn1cc(OCc2cc(C(=O)OC)ccc2F)cn1. The van der Waals surface area contributed by atoms with Crippen LogP contribution in [0.3, 0.4) is 0 Å². The van der Waals surface area contributed by atoms with Gasteiger partial charge in [0.1, 0.15) is 12.4 Å². The molecular weight excluding hydrogens is 263 g/mol. The summed E-state index contributed by atoms with van der Waals surface area (Å²) in [5, 5.41) is 4.05. The van der Waals surface area contributed by atoms with E-state index < -0.39 is 11.8 Å². The Kier molecular flexibility index (Phi) is 4.34. The Bertz CT molecular complexity index is 610. The lowest BCUT2D eigenvalue weighted by atomic mass is 10.1. The molecule has 0 bridgehead atoms. The number of methoxy groups -OCH3 is 1. The van der Waals surface area contributed by atoms with Crippen molar-refractivity contribution in [2.24, 2.45) is 0 Å². The first kappa shape index (κ1) is 14.0. The number of aromatic nitrogens is 2. The lowest BCUT2D eigenvalue weighted by Gasteiger charge is -2.07. The van der Waals surface area contributed by atoms with Crippen molar-refractivity contribution in [2.45, 2.75) is 20.1 Å². The van der Waals surface area contributed by atoms with Gasteiger partial charge in [0.2, 0.25) is 0 Å². The van der Waals surface area contributed by atoms with E-state index in [1.807, 2.05) is 6.92 Å². The predicted molar refractivity (Wildman–Crippen MR) is 70.0 cm³/mol. The second kappa shape index (κ2) is 6.18. The molecule has 6 heteroatoms. The quantitative estimate of drug-likeness (QED) is 0.788. The Balaban J connectivity index is 2.10. The zero-order valence-electron chi connectivity index (χ0n) is 11.3. The van der Waals surface area contributed by atoms with Gasteiger partial charge in [-0.1, -0.05) is 0 Å². The maximum Gasteiger partial charge on any atom is 0.337 e. The Morgan fingerprint density at radius 3 is 2.90 bits per heavy atom. The summed E-state index contributed by atoms with van der Waals surface area (Å²) in [6.07, 6.45) is 3.29. The molecule has 0 aliphatic rings. The van der Waals surface area contributed by atoms with Crippen LogP contribution in [0.1, 0.15) is 22.8 Å². The Morgan fingerprint density at radius 2 is 2.25 bits per heavy atom. The van der Waals surface area contributed by atoms with Crippen molar-refractivity contribution < 1.29 is 18.7 Å². The van der Waals surface area contributed by atoms with Gasteiger partial charge in [-0.3, -0.25) is 4.68 Å². The number of carbonyl (C=O) groups excluding carboxylic acids is 1. The van der Waals surface area contributed by atoms with Crippen LogP contribution < -0.4 is 4.74 Å². The monoisotopic (exact) mass is 278 g/mol. The summed E-state index contributed by atoms with van der Waals surface area (Å²) < 4.78 is 25.4. The minimum atomic E-state index is -0.509. The molecule has 0 radical (unpaired) electrons. The fourth-order valence-corrected chi connectivity index (χ4v) is 1.68. The molecule has 106 valence electrons. The number of nitrogens with zero attached hydrogens (tertiary/aromatic N) is 2. The molecule has 2 aromatic rings. The van der Waals surface area contributed by atoms with Gasteiger partial charge in [-0.15, -0.1) is 0 Å². The van der Waals surface area contributed by atoms with Crippen LogP contribution in [0.25, 0.3) is 0 Å². The van der Waals surface area contributed by atoms with Crippen LogP contribution in [0.4, 0.5) is 4.39 Å². The van der Waals surface area contributed by atoms with E-state index in [4.69, 9.17) is 4.74 Å². The van der Waals surface area contributed by atoms with Crippen molar-refractivity contribution in [2.75, 3.05) is 7.11 Å². The number of rotatable bonds is 5. The largest absolute Gasteiger partial charge is 0.486 e. The number of esters is 1. The fourth-order valence-electron chi connectivity index (χ4n) is 1.68. The van der Waals surface area contributed by atoms with E-state index in [0.29, 0.717) is 5.75 Å². The predicted octanol–water partition coefficient (Wildman–Crippen LogP) is 2.41. The average molecular weight is 278 g/mol. The topological polar surface area (TPSA) is 53.4 Å². The van der Waals surface area contributed by atoms with Gasteiger partial charge < -0.3 is 9.47 Å². The van der Waals surface area contributed by atoms with Crippen molar-refractivity contribution in [3.05, 3.63) is 47.5 Å². The molecule has 0 amide bonds. The van der Waals surface area contributed by atoms with E-state index in [9.17, 15) is 9.18 Å². The molecule has 0 saturated carbocycles. The van der Waals surface area contributed by atoms with Gasteiger partial charge in [0.05, 0.1) is 25.1 Å². The standard InChI is InChI=1S/C14H15FN2O3/c1-3-17-8-12(7-16-17)20-9-11-6-10(14(18)19-2)4-5-13(11)15/h4-8H,3,9H2,1-2H3. The summed E-state index contributed by atoms with van der Waals surface area (Å²) in [5.74, 6) is -0.389. The van der Waals surface area contributed by atoms with Gasteiger partial charge in [-0.05, 0) is 25.1 Å². The van der Waals surface area contributed by atoms with Crippen molar-refractivity contribution in [1.29, 1.82) is 0 Å². The second-order valence-corrected chi connectivity index (χ2v) is 4.12. The summed E-state index contributed by atoms with van der Waals surface area (Å²) >= 11 is 0. The lowest BCUT2D eigenvalue weighted by molar-refractivity contribution is 0.0600. The summed E-state index contributed by atoms with van der Waals surface area (Å²) in [5.41, 5.74) is 0.578. The molecular formula is C14H15FN2O3. The highest BCUT2D eigenvalue weighted by atomic mass is 19.1. The van der Waals surface area contributed by atoms with Crippen molar-refractivity contribution in [3.8, 4) is 5.75 Å². The number of hydrogen-bond acceptors (Lipinski definition) is 4. The summed E-state index contributed by atoms with van der Waals surface area (Å²) in [6, 6.07) is 4.02. The van der Waals surface area contributed by atoms with Gasteiger partial charge in [-0.25, -0.2) is 9.18 Å². The minimum absolute atomic E-state index is 0.0199. The van der Waals surface area contributed by atoms with E-state index in [1.54, 1.807) is 17.1 Å². The average Bonchev–Trinajstić information content (AvgIpc) is 2.93. The lowest BCUT2D eigenvalue weighted by Crippen LogP contribution is -2.05. The molecule has 5 nitrogen and oxygen atoms in total. The first-order valence-corrected chi connectivity index (χ1v) is 6.16. The van der Waals surface area contributed by atoms with E-state index in [2.05, 4.69) is 9.84 Å². The summed E-state index contributed by atoms with van der Waals surface area (Å²) in [6.45, 7) is 2.71. The smallest absolute Gasteiger partial charge is 0.337 e. The maximum absolute atomic E-state index is 13.7. The van der Waals surface area contributed by atoms with Gasteiger partial charge in [-0.2, -0.15) is 5.10 Å². The molecule has 0 N–H and O–H groups in total. The first-order chi connectivity index (χ1) is 9.63. The van der Waals surface area contributed by atoms with Crippen LogP contribution in [0, 0.1) is 5.82 Å². The van der Waals surface area contributed by atoms with E-state index in [0.717, 1.165) is 6.54 Å². The molecule has 2 rings (SSSR count). The molecule has 0 atom stereocenters. The van der Waals surface area contributed by atoms with Crippen molar-refractivity contribution in [3.63, 3.8) is 0 Å². The van der Waals surface area contributed by atoms with Crippen LogP contribution in [0.5, 0.6) is 5.75 Å². The minimum Gasteiger partial charge on any atom is -0.486 e. The Morgan fingerprint density at radius 1 is 1.45 bits per heavy atom. The Hall–Kier alpha value is -2.37. The molecule has 0 saturated heterocycles. The summed E-state index contributed by atoms with van der Waals surface area (Å²) in [7, 11) is 1.28. The third-order valence-corrected chi connectivity index (χ3v) is 2.79. The number of carbonyl (C=O) groups is 1. The van der Waals surface area contributed by atoms with Gasteiger partial charge in [0.25, 0.3) is 0 Å². The third kappa shape index (κ3) is 3.14. The van der Waals surface area contributed by atoms with Crippen LogP contribution in [0.2, 0.25) is 0 Å². The number of aryl methyl sites for hydroxylation is 1. The van der Waals surface area contributed by atoms with Crippen molar-refractivity contribution >= 4 is 5.97 Å². The van der Waals surface area contributed by atoms with Crippen LogP contribution >= 0.6 is 0 Å². The highest BCUT2D eigenvalue weighted by molar-refractivity contribution is 5.89. The molecule has 20 heavy (non-hydrogen) atoms. The molecule has 1 aromatic heterocycles. The molecule has 0 aliphatic heterocycles. The fraction of sp³-hybridized carbons (Fsp3) is 0.286. The Labute approximate surface area is 115 Å². The molecule has 0 spiro atoms. The van der Waals surface area contributed by atoms with Crippen LogP contribution in [0.15, 0.2) is 30.6 Å². The van der Waals surface area contributed by atoms with Crippen molar-refractivity contribution in [1.82, 2.24) is 9.78 Å². The highest BCUT2D eigenvalue weighted by Gasteiger charge is 2.10. The molecule has 1 aromatic carbocycles. The third-order valence-electron chi connectivity index (χ3n) is 2.79. The number of hydrogen-bond donors (Lipinski definition) is 0. The van der Waals surface area contributed by atoms with E-state index in [-0.39, 0.29) is 17.7 Å². The van der Waals surface area contributed by atoms with Crippen LogP contribution in [-0.2, 0) is 17.9 Å². The van der Waals surface area contributed by atoms with E-state index >= 15 is 0 Å². The molecule has 0 unspecified atom stereocenters. The number of benzene rings is 1.